The molecular formula is C21H22O3. The van der Waals surface area contributed by atoms with Crippen molar-refractivity contribution >= 4 is 11.6 Å². The van der Waals surface area contributed by atoms with Gasteiger partial charge >= 0.3 is 0 Å². The summed E-state index contributed by atoms with van der Waals surface area (Å²) in [6.45, 7) is 2.16. The second kappa shape index (κ2) is 8.82. The highest BCUT2D eigenvalue weighted by atomic mass is 16.5. The van der Waals surface area contributed by atoms with Gasteiger partial charge in [0.05, 0.1) is 7.11 Å². The lowest BCUT2D eigenvalue weighted by atomic mass is 10.0. The molecule has 0 aliphatic heterocycles. The first kappa shape index (κ1) is 17.7. The molecule has 0 aromatic heterocycles. The maximum atomic E-state index is 12.1. The molecular weight excluding hydrogens is 300 g/mol. The van der Waals surface area contributed by atoms with Gasteiger partial charge in [0.15, 0.2) is 11.6 Å². The monoisotopic (exact) mass is 322 g/mol. The van der Waals surface area contributed by atoms with Gasteiger partial charge in [0.1, 0.15) is 5.75 Å². The molecule has 124 valence electrons. The maximum absolute atomic E-state index is 12.1. The van der Waals surface area contributed by atoms with Crippen LogP contribution in [0.1, 0.15) is 46.0 Å². The summed E-state index contributed by atoms with van der Waals surface area (Å²) in [5.74, 6) is 0.319. The van der Waals surface area contributed by atoms with E-state index in [-0.39, 0.29) is 11.6 Å². The van der Waals surface area contributed by atoms with E-state index in [1.54, 1.807) is 31.4 Å². The first-order valence-electron chi connectivity index (χ1n) is 8.13. The summed E-state index contributed by atoms with van der Waals surface area (Å²) < 4.78 is 5.06. The smallest absolute Gasteiger partial charge is 0.185 e. The standard InChI is InChI=1S/C21H22O3/c1-3-4-5-16-6-8-17(9-7-16)20(22)14-15-21(23)18-10-12-19(24-2)13-11-18/h6-15H,3-5H2,1-2H3/b15-14+. The molecule has 2 aromatic rings. The van der Waals surface area contributed by atoms with Crippen LogP contribution in [0, 0.1) is 0 Å². The van der Waals surface area contributed by atoms with Crippen molar-refractivity contribution in [2.24, 2.45) is 0 Å². The number of rotatable bonds is 8. The van der Waals surface area contributed by atoms with Crippen LogP contribution in [0.25, 0.3) is 0 Å². The highest BCUT2D eigenvalue weighted by molar-refractivity contribution is 6.11. The van der Waals surface area contributed by atoms with Crippen LogP contribution < -0.4 is 4.74 Å². The lowest BCUT2D eigenvalue weighted by Gasteiger charge is -2.01. The average molecular weight is 322 g/mol. The number of allylic oxidation sites excluding steroid dienone is 2. The predicted octanol–water partition coefficient (Wildman–Crippen LogP) is 4.66. The van der Waals surface area contributed by atoms with E-state index < -0.39 is 0 Å². The van der Waals surface area contributed by atoms with Gasteiger partial charge in [-0.2, -0.15) is 0 Å². The number of methoxy groups -OCH3 is 1. The zero-order valence-corrected chi connectivity index (χ0v) is 14.1. The Bertz CT molecular complexity index is 710. The molecule has 0 bridgehead atoms. The molecule has 0 spiro atoms. The van der Waals surface area contributed by atoms with Crippen LogP contribution >= 0.6 is 0 Å². The lowest BCUT2D eigenvalue weighted by Crippen LogP contribution is -1.99. The van der Waals surface area contributed by atoms with E-state index in [0.29, 0.717) is 16.9 Å². The van der Waals surface area contributed by atoms with Gasteiger partial charge in [-0.1, -0.05) is 37.6 Å². The Balaban J connectivity index is 1.99. The fourth-order valence-electron chi connectivity index (χ4n) is 2.32. The molecule has 0 amide bonds. The zero-order chi connectivity index (χ0) is 17.4. The van der Waals surface area contributed by atoms with Crippen LogP contribution in [-0.4, -0.2) is 18.7 Å². The van der Waals surface area contributed by atoms with E-state index in [1.807, 2.05) is 24.3 Å². The number of hydrogen-bond acceptors (Lipinski definition) is 3. The van der Waals surface area contributed by atoms with E-state index in [2.05, 4.69) is 6.92 Å². The summed E-state index contributed by atoms with van der Waals surface area (Å²) in [7, 11) is 1.57. The molecule has 0 radical (unpaired) electrons. The quantitative estimate of drug-likeness (QED) is 0.524. The average Bonchev–Trinajstić information content (AvgIpc) is 2.64. The molecule has 0 aliphatic rings. The third-order valence-corrected chi connectivity index (χ3v) is 3.82. The lowest BCUT2D eigenvalue weighted by molar-refractivity contribution is 0.102. The molecule has 0 fully saturated rings. The van der Waals surface area contributed by atoms with Crippen LogP contribution in [-0.2, 0) is 6.42 Å². The molecule has 24 heavy (non-hydrogen) atoms. The second-order valence-electron chi connectivity index (χ2n) is 5.59. The minimum Gasteiger partial charge on any atom is -0.497 e. The molecule has 3 heteroatoms. The van der Waals surface area contributed by atoms with Crippen LogP contribution in [0.15, 0.2) is 60.7 Å². The Labute approximate surface area is 143 Å². The van der Waals surface area contributed by atoms with E-state index in [9.17, 15) is 9.59 Å². The minimum atomic E-state index is -0.203. The highest BCUT2D eigenvalue weighted by Crippen LogP contribution is 2.13. The Morgan fingerprint density at radius 1 is 0.875 bits per heavy atom. The zero-order valence-electron chi connectivity index (χ0n) is 14.1. The van der Waals surface area contributed by atoms with Gasteiger partial charge in [0.2, 0.25) is 0 Å². The number of carbonyl (C=O) groups is 2. The van der Waals surface area contributed by atoms with Crippen LogP contribution in [0.3, 0.4) is 0 Å². The first-order chi connectivity index (χ1) is 11.6. The SMILES string of the molecule is CCCCc1ccc(C(=O)/C=C/C(=O)c2ccc(OC)cc2)cc1. The molecule has 0 saturated carbocycles. The molecule has 3 nitrogen and oxygen atoms in total. The van der Waals surface area contributed by atoms with Crippen molar-refractivity contribution in [1.82, 2.24) is 0 Å². The molecule has 0 N–H and O–H groups in total. The molecule has 2 rings (SSSR count). The summed E-state index contributed by atoms with van der Waals surface area (Å²) in [4.78, 5) is 24.2. The van der Waals surface area contributed by atoms with E-state index in [4.69, 9.17) is 4.74 Å². The van der Waals surface area contributed by atoms with E-state index >= 15 is 0 Å². The number of hydrogen-bond donors (Lipinski definition) is 0. The fraction of sp³-hybridized carbons (Fsp3) is 0.238. The first-order valence-corrected chi connectivity index (χ1v) is 8.13. The highest BCUT2D eigenvalue weighted by Gasteiger charge is 2.05. The van der Waals surface area contributed by atoms with Gasteiger partial charge in [0.25, 0.3) is 0 Å². The summed E-state index contributed by atoms with van der Waals surface area (Å²) in [6, 6.07) is 14.4. The van der Waals surface area contributed by atoms with E-state index in [1.165, 1.54) is 17.7 Å². The van der Waals surface area contributed by atoms with Crippen molar-refractivity contribution in [1.29, 1.82) is 0 Å². The van der Waals surface area contributed by atoms with Crippen molar-refractivity contribution < 1.29 is 14.3 Å². The Hall–Kier alpha value is -2.68. The minimum absolute atomic E-state index is 0.168. The maximum Gasteiger partial charge on any atom is 0.185 e. The van der Waals surface area contributed by atoms with Crippen molar-refractivity contribution in [3.05, 3.63) is 77.4 Å². The summed E-state index contributed by atoms with van der Waals surface area (Å²) >= 11 is 0. The number of benzene rings is 2. The second-order valence-corrected chi connectivity index (χ2v) is 5.59. The largest absolute Gasteiger partial charge is 0.497 e. The van der Waals surface area contributed by atoms with E-state index in [0.717, 1.165) is 19.3 Å². The summed E-state index contributed by atoms with van der Waals surface area (Å²) in [6.07, 6.45) is 5.96. The van der Waals surface area contributed by atoms with Crippen LogP contribution in [0.4, 0.5) is 0 Å². The fourth-order valence-corrected chi connectivity index (χ4v) is 2.32. The molecule has 0 unspecified atom stereocenters. The molecule has 0 heterocycles. The van der Waals surface area contributed by atoms with Gasteiger partial charge in [-0.25, -0.2) is 0 Å². The Morgan fingerprint density at radius 2 is 1.38 bits per heavy atom. The summed E-state index contributed by atoms with van der Waals surface area (Å²) in [5, 5.41) is 0. The number of carbonyl (C=O) groups excluding carboxylic acids is 2. The van der Waals surface area contributed by atoms with Gasteiger partial charge in [-0.05, 0) is 54.8 Å². The van der Waals surface area contributed by atoms with Crippen molar-refractivity contribution in [2.45, 2.75) is 26.2 Å². The normalized spacial score (nSPS) is 10.8. The predicted molar refractivity (Wildman–Crippen MR) is 95.8 cm³/mol. The number of ether oxygens (including phenoxy) is 1. The van der Waals surface area contributed by atoms with Gasteiger partial charge < -0.3 is 4.74 Å². The van der Waals surface area contributed by atoms with Gasteiger partial charge in [-0.15, -0.1) is 0 Å². The molecule has 0 atom stereocenters. The van der Waals surface area contributed by atoms with Gasteiger partial charge in [0, 0.05) is 11.1 Å². The number of ketones is 2. The van der Waals surface area contributed by atoms with Crippen molar-refractivity contribution in [3.63, 3.8) is 0 Å². The Kier molecular flexibility index (Phi) is 6.50. The third-order valence-electron chi connectivity index (χ3n) is 3.82. The molecule has 0 aliphatic carbocycles. The van der Waals surface area contributed by atoms with Crippen molar-refractivity contribution in [2.75, 3.05) is 7.11 Å². The number of unbranched alkanes of at least 4 members (excludes halogenated alkanes) is 1. The molecule has 0 saturated heterocycles. The van der Waals surface area contributed by atoms with Crippen LogP contribution in [0.2, 0.25) is 0 Å². The number of aryl methyl sites for hydroxylation is 1. The Morgan fingerprint density at radius 3 is 1.83 bits per heavy atom. The molecule has 2 aromatic carbocycles. The van der Waals surface area contributed by atoms with Gasteiger partial charge in [-0.3, -0.25) is 9.59 Å². The van der Waals surface area contributed by atoms with Crippen molar-refractivity contribution in [3.8, 4) is 5.75 Å². The topological polar surface area (TPSA) is 43.4 Å². The van der Waals surface area contributed by atoms with Crippen LogP contribution in [0.5, 0.6) is 5.75 Å². The summed E-state index contributed by atoms with van der Waals surface area (Å²) in [5.41, 5.74) is 2.34. The third kappa shape index (κ3) is 4.92.